The lowest BCUT2D eigenvalue weighted by Gasteiger charge is -2.11. The molecule has 0 radical (unpaired) electrons. The fraction of sp³-hybridized carbons (Fsp3) is 0.600. The van der Waals surface area contributed by atoms with Crippen LogP contribution in [0, 0.1) is 12.3 Å². The van der Waals surface area contributed by atoms with Crippen LogP contribution in [-0.2, 0) is 4.74 Å². The monoisotopic (exact) mass is 182 g/mol. The molecule has 1 saturated heterocycles. The summed E-state index contributed by atoms with van der Waals surface area (Å²) in [6, 6.07) is 0. The minimum Gasteiger partial charge on any atom is -0.394 e. The van der Waals surface area contributed by atoms with Gasteiger partial charge >= 0.3 is 0 Å². The number of rotatable bonds is 3. The zero-order valence-electron chi connectivity index (χ0n) is 7.39. The minimum atomic E-state index is -0.487. The molecule has 3 nitrogen and oxygen atoms in total. The van der Waals surface area contributed by atoms with Gasteiger partial charge in [-0.2, -0.15) is 0 Å². The van der Waals surface area contributed by atoms with Gasteiger partial charge in [-0.15, -0.1) is 6.42 Å². The Morgan fingerprint density at radius 1 is 1.62 bits per heavy atom. The van der Waals surface area contributed by atoms with Gasteiger partial charge in [0, 0.05) is 6.42 Å². The summed E-state index contributed by atoms with van der Waals surface area (Å²) in [5.74, 6) is 2.36. The number of ether oxygens (including phenoxy) is 1. The van der Waals surface area contributed by atoms with Crippen LogP contribution in [0.5, 0.6) is 0 Å². The maximum Gasteiger partial charge on any atom is 0.0874 e. The lowest BCUT2D eigenvalue weighted by atomic mass is 10.1. The van der Waals surface area contributed by atoms with Gasteiger partial charge in [0.05, 0.1) is 24.9 Å². The van der Waals surface area contributed by atoms with Crippen molar-refractivity contribution < 1.29 is 14.9 Å². The molecule has 0 aromatic rings. The third-order valence-electron chi connectivity index (χ3n) is 2.09. The highest BCUT2D eigenvalue weighted by Gasteiger charge is 2.32. The van der Waals surface area contributed by atoms with Crippen LogP contribution in [-0.4, -0.2) is 35.1 Å². The lowest BCUT2D eigenvalue weighted by molar-refractivity contribution is -0.00744. The number of hydrogen-bond donors (Lipinski definition) is 2. The molecule has 0 bridgehead atoms. The van der Waals surface area contributed by atoms with Crippen LogP contribution in [0.3, 0.4) is 0 Å². The molecule has 0 aromatic carbocycles. The van der Waals surface area contributed by atoms with E-state index < -0.39 is 6.10 Å². The number of aliphatic hydroxyl groups excluding tert-OH is 2. The predicted molar refractivity (Wildman–Crippen MR) is 49.0 cm³/mol. The number of aliphatic hydroxyl groups is 2. The zero-order chi connectivity index (χ0) is 9.68. The summed E-state index contributed by atoms with van der Waals surface area (Å²) in [5, 5.41) is 18.3. The zero-order valence-corrected chi connectivity index (χ0v) is 7.39. The summed E-state index contributed by atoms with van der Waals surface area (Å²) in [6.45, 7) is -0.0353. The Bertz CT molecular complexity index is 217. The van der Waals surface area contributed by atoms with Crippen molar-refractivity contribution in [1.29, 1.82) is 0 Å². The van der Waals surface area contributed by atoms with Gasteiger partial charge in [-0.05, 0) is 12.5 Å². The summed E-state index contributed by atoms with van der Waals surface area (Å²) in [6.07, 6.45) is 8.57. The van der Waals surface area contributed by atoms with Gasteiger partial charge in [-0.1, -0.05) is 12.0 Å². The molecule has 1 aliphatic rings. The molecular weight excluding hydrogens is 168 g/mol. The van der Waals surface area contributed by atoms with Crippen LogP contribution < -0.4 is 0 Å². The van der Waals surface area contributed by atoms with E-state index in [1.165, 1.54) is 0 Å². The second-order valence-electron chi connectivity index (χ2n) is 3.09. The Kier molecular flexibility index (Phi) is 3.97. The molecule has 1 aliphatic heterocycles. The number of terminal acetylenes is 1. The normalized spacial score (nSPS) is 33.8. The first-order valence-corrected chi connectivity index (χ1v) is 4.33. The first-order valence-electron chi connectivity index (χ1n) is 4.33. The Morgan fingerprint density at radius 2 is 2.38 bits per heavy atom. The second-order valence-corrected chi connectivity index (χ2v) is 3.09. The second kappa shape index (κ2) is 5.03. The highest BCUT2D eigenvalue weighted by atomic mass is 16.5. The molecule has 1 heterocycles. The highest BCUT2D eigenvalue weighted by molar-refractivity contribution is 5.09. The largest absolute Gasteiger partial charge is 0.394 e. The van der Waals surface area contributed by atoms with E-state index in [9.17, 15) is 5.11 Å². The molecule has 3 heteroatoms. The predicted octanol–water partition coefficient (Wildman–Crippen LogP) is 0.0766. The summed E-state index contributed by atoms with van der Waals surface area (Å²) < 4.78 is 5.35. The van der Waals surface area contributed by atoms with E-state index in [-0.39, 0.29) is 18.8 Å². The first-order chi connectivity index (χ1) is 6.27. The molecule has 0 unspecified atom stereocenters. The van der Waals surface area contributed by atoms with Gasteiger partial charge in [0.2, 0.25) is 0 Å². The fourth-order valence-electron chi connectivity index (χ4n) is 1.41. The molecule has 13 heavy (non-hydrogen) atoms. The van der Waals surface area contributed by atoms with Gasteiger partial charge in [0.15, 0.2) is 0 Å². The van der Waals surface area contributed by atoms with Crippen molar-refractivity contribution in [2.24, 2.45) is 0 Å². The fourth-order valence-corrected chi connectivity index (χ4v) is 1.41. The van der Waals surface area contributed by atoms with Crippen LogP contribution in [0.2, 0.25) is 0 Å². The van der Waals surface area contributed by atoms with E-state index in [0.717, 1.165) is 0 Å². The van der Waals surface area contributed by atoms with E-state index in [1.807, 2.05) is 0 Å². The van der Waals surface area contributed by atoms with E-state index in [2.05, 4.69) is 5.92 Å². The molecule has 0 saturated carbocycles. The highest BCUT2D eigenvalue weighted by Crippen LogP contribution is 2.22. The Hall–Kier alpha value is -0.820. The first kappa shape index (κ1) is 10.3. The standard InChI is InChI=1S/C10H14O3/c1-2-3-4-5-10-9(12)6-8(7-11)13-10/h1,3-4,8-12H,5-7H2/b4-3+/t8-,9-,10-/m1/s1. The van der Waals surface area contributed by atoms with E-state index in [0.29, 0.717) is 12.8 Å². The smallest absolute Gasteiger partial charge is 0.0874 e. The van der Waals surface area contributed by atoms with Crippen LogP contribution in [0.4, 0.5) is 0 Å². The van der Waals surface area contributed by atoms with Crippen molar-refractivity contribution in [2.45, 2.75) is 31.2 Å². The van der Waals surface area contributed by atoms with Crippen LogP contribution >= 0.6 is 0 Å². The van der Waals surface area contributed by atoms with E-state index >= 15 is 0 Å². The van der Waals surface area contributed by atoms with E-state index in [4.69, 9.17) is 16.3 Å². The molecule has 3 atom stereocenters. The third kappa shape index (κ3) is 2.85. The Morgan fingerprint density at radius 3 is 2.92 bits per heavy atom. The quantitative estimate of drug-likeness (QED) is 0.607. The molecule has 0 aliphatic carbocycles. The molecule has 1 fully saturated rings. The summed E-state index contributed by atoms with van der Waals surface area (Å²) in [5.41, 5.74) is 0. The van der Waals surface area contributed by atoms with Crippen molar-refractivity contribution in [2.75, 3.05) is 6.61 Å². The molecule has 0 amide bonds. The number of hydrogen-bond acceptors (Lipinski definition) is 3. The van der Waals surface area contributed by atoms with Crippen LogP contribution in [0.25, 0.3) is 0 Å². The lowest BCUT2D eigenvalue weighted by Crippen LogP contribution is -2.19. The maximum atomic E-state index is 9.47. The molecule has 2 N–H and O–H groups in total. The third-order valence-corrected chi connectivity index (χ3v) is 2.09. The van der Waals surface area contributed by atoms with Crippen molar-refractivity contribution >= 4 is 0 Å². The number of allylic oxidation sites excluding steroid dienone is 1. The van der Waals surface area contributed by atoms with Crippen LogP contribution in [0.15, 0.2) is 12.2 Å². The maximum absolute atomic E-state index is 9.47. The Labute approximate surface area is 78.0 Å². The van der Waals surface area contributed by atoms with Gasteiger partial charge < -0.3 is 14.9 Å². The molecule has 1 rings (SSSR count). The van der Waals surface area contributed by atoms with Gasteiger partial charge in [0.1, 0.15) is 0 Å². The van der Waals surface area contributed by atoms with Gasteiger partial charge in [-0.3, -0.25) is 0 Å². The summed E-state index contributed by atoms with van der Waals surface area (Å²) in [4.78, 5) is 0. The molecule has 0 aromatic heterocycles. The van der Waals surface area contributed by atoms with Gasteiger partial charge in [-0.25, -0.2) is 0 Å². The molecule has 0 spiro atoms. The molecule has 72 valence electrons. The summed E-state index contributed by atoms with van der Waals surface area (Å²) >= 11 is 0. The average Bonchev–Trinajstić information content (AvgIpc) is 2.48. The molecular formula is C10H14O3. The van der Waals surface area contributed by atoms with Crippen LogP contribution in [0.1, 0.15) is 12.8 Å². The van der Waals surface area contributed by atoms with Crippen molar-refractivity contribution in [3.05, 3.63) is 12.2 Å². The van der Waals surface area contributed by atoms with Crippen molar-refractivity contribution in [3.63, 3.8) is 0 Å². The summed E-state index contributed by atoms with van der Waals surface area (Å²) in [7, 11) is 0. The van der Waals surface area contributed by atoms with Crippen molar-refractivity contribution in [1.82, 2.24) is 0 Å². The van der Waals surface area contributed by atoms with E-state index in [1.54, 1.807) is 12.2 Å². The SMILES string of the molecule is C#C/C=C/C[C@H]1O[C@@H](CO)C[C@H]1O. The minimum absolute atomic E-state index is 0.0353. The average molecular weight is 182 g/mol. The topological polar surface area (TPSA) is 49.7 Å². The van der Waals surface area contributed by atoms with Gasteiger partial charge in [0.25, 0.3) is 0 Å². The Balaban J connectivity index is 2.35. The van der Waals surface area contributed by atoms with Crippen molar-refractivity contribution in [3.8, 4) is 12.3 Å².